The minimum atomic E-state index is -1.34. The van der Waals surface area contributed by atoms with Crippen LogP contribution in [-0.2, 0) is 9.59 Å². The van der Waals surface area contributed by atoms with Crippen molar-refractivity contribution >= 4 is 30.7 Å². The Morgan fingerprint density at radius 1 is 1.46 bits per heavy atom. The van der Waals surface area contributed by atoms with Gasteiger partial charge >= 0.3 is 5.63 Å². The quantitative estimate of drug-likeness (QED) is 0.291. The molecular formula is C18H19FN2O5. The van der Waals surface area contributed by atoms with Crippen LogP contribution in [0, 0.1) is 6.92 Å². The van der Waals surface area contributed by atoms with E-state index in [4.69, 9.17) is 4.42 Å². The first-order valence-electron chi connectivity index (χ1n) is 7.64. The van der Waals surface area contributed by atoms with Crippen molar-refractivity contribution in [2.75, 3.05) is 6.54 Å². The first kappa shape index (κ1) is 20.9. The van der Waals surface area contributed by atoms with E-state index < -0.39 is 23.5 Å². The van der Waals surface area contributed by atoms with Gasteiger partial charge in [0.2, 0.25) is 12.3 Å². The number of imide groups is 1. The molecule has 1 atom stereocenters. The molecule has 1 aromatic rings. The van der Waals surface area contributed by atoms with Gasteiger partial charge in [0.25, 0.3) is 5.91 Å². The van der Waals surface area contributed by atoms with Crippen molar-refractivity contribution in [2.45, 2.75) is 26.4 Å². The molecule has 0 aromatic carbocycles. The summed E-state index contributed by atoms with van der Waals surface area (Å²) in [5, 5.41) is 0. The number of carbonyl (C=O) groups is 3. The molecule has 0 aliphatic rings. The monoisotopic (exact) mass is 362 g/mol. The maximum atomic E-state index is 13.0. The highest BCUT2D eigenvalue weighted by atomic mass is 19.1. The first-order valence-corrected chi connectivity index (χ1v) is 7.64. The predicted octanol–water partition coefficient (Wildman–Crippen LogP) is 2.31. The SMILES string of the molecule is C=C/C(=C\C(C)F)C(=O)CCN(C=O)C(=O)c1c(C)cc(=O)oc1N=C. The summed E-state index contributed by atoms with van der Waals surface area (Å²) in [5.74, 6) is -1.57. The number of ketones is 1. The van der Waals surface area contributed by atoms with Crippen LogP contribution in [0.3, 0.4) is 0 Å². The molecule has 1 unspecified atom stereocenters. The molecule has 7 nitrogen and oxygen atoms in total. The molecule has 26 heavy (non-hydrogen) atoms. The van der Waals surface area contributed by atoms with Gasteiger partial charge in [0.1, 0.15) is 11.7 Å². The molecule has 0 aliphatic heterocycles. The Morgan fingerprint density at radius 2 is 2.12 bits per heavy atom. The maximum absolute atomic E-state index is 13.0. The number of hydrogen-bond acceptors (Lipinski definition) is 6. The minimum Gasteiger partial charge on any atom is -0.403 e. The Labute approximate surface area is 149 Å². The standard InChI is InChI=1S/C18H19FN2O5/c1-5-13(9-12(3)19)14(23)6-7-21(10-22)18(25)16-11(2)8-15(24)26-17(16)20-4/h5,8-10,12H,1,4,6-7H2,2-3H3/b13-9+. The van der Waals surface area contributed by atoms with Crippen LogP contribution in [0.1, 0.15) is 29.3 Å². The zero-order chi connectivity index (χ0) is 19.9. The molecule has 1 rings (SSSR count). The van der Waals surface area contributed by atoms with Gasteiger partial charge < -0.3 is 4.42 Å². The normalized spacial score (nSPS) is 12.2. The Kier molecular flexibility index (Phi) is 7.52. The van der Waals surface area contributed by atoms with Crippen LogP contribution in [0.25, 0.3) is 0 Å². The van der Waals surface area contributed by atoms with Crippen molar-refractivity contribution in [1.82, 2.24) is 4.90 Å². The summed E-state index contributed by atoms with van der Waals surface area (Å²) >= 11 is 0. The van der Waals surface area contributed by atoms with Crippen molar-refractivity contribution in [3.63, 3.8) is 0 Å². The molecule has 138 valence electrons. The topological polar surface area (TPSA) is 97.0 Å². The molecule has 0 spiro atoms. The average molecular weight is 362 g/mol. The zero-order valence-corrected chi connectivity index (χ0v) is 14.5. The van der Waals surface area contributed by atoms with Crippen LogP contribution in [0.15, 0.2) is 44.6 Å². The van der Waals surface area contributed by atoms with E-state index in [1.165, 1.54) is 19.9 Å². The van der Waals surface area contributed by atoms with Gasteiger partial charge in [0.05, 0.1) is 0 Å². The molecule has 0 N–H and O–H groups in total. The van der Waals surface area contributed by atoms with Crippen molar-refractivity contribution in [1.29, 1.82) is 0 Å². The van der Waals surface area contributed by atoms with Crippen molar-refractivity contribution in [2.24, 2.45) is 4.99 Å². The minimum absolute atomic E-state index is 0.0635. The van der Waals surface area contributed by atoms with E-state index in [2.05, 4.69) is 18.3 Å². The van der Waals surface area contributed by atoms with E-state index >= 15 is 0 Å². The van der Waals surface area contributed by atoms with Gasteiger partial charge in [0, 0.05) is 24.6 Å². The van der Waals surface area contributed by atoms with Gasteiger partial charge in [-0.25, -0.2) is 14.2 Å². The van der Waals surface area contributed by atoms with E-state index in [0.29, 0.717) is 0 Å². The molecule has 8 heteroatoms. The van der Waals surface area contributed by atoms with E-state index in [1.54, 1.807) is 0 Å². The number of nitrogens with zero attached hydrogens (tertiary/aromatic N) is 2. The van der Waals surface area contributed by atoms with Gasteiger partial charge in [-0.05, 0) is 32.2 Å². The van der Waals surface area contributed by atoms with E-state index in [9.17, 15) is 23.6 Å². The number of aliphatic imine (C=N–C) groups is 1. The summed E-state index contributed by atoms with van der Waals surface area (Å²) < 4.78 is 17.8. The van der Waals surface area contributed by atoms with Crippen LogP contribution in [-0.4, -0.2) is 42.4 Å². The van der Waals surface area contributed by atoms with Crippen molar-refractivity contribution in [3.8, 4) is 0 Å². The summed E-state index contributed by atoms with van der Waals surface area (Å²) in [6.07, 6.45) is 0.996. The number of rotatable bonds is 9. The number of halogens is 1. The molecule has 0 aliphatic carbocycles. The smallest absolute Gasteiger partial charge is 0.337 e. The van der Waals surface area contributed by atoms with Gasteiger partial charge in [-0.15, -0.1) is 0 Å². The molecule has 0 bridgehead atoms. The highest BCUT2D eigenvalue weighted by Crippen LogP contribution is 2.22. The molecule has 0 saturated heterocycles. The number of amides is 2. The lowest BCUT2D eigenvalue weighted by Crippen LogP contribution is -2.32. The second kappa shape index (κ2) is 9.36. The first-order chi connectivity index (χ1) is 12.2. The third-order valence-corrected chi connectivity index (χ3v) is 3.42. The number of alkyl halides is 1. The zero-order valence-electron chi connectivity index (χ0n) is 14.5. The maximum Gasteiger partial charge on any atom is 0.337 e. The Bertz CT molecular complexity index is 823. The van der Waals surface area contributed by atoms with Gasteiger partial charge in [-0.3, -0.25) is 19.3 Å². The lowest BCUT2D eigenvalue weighted by atomic mass is 10.1. The number of aryl methyl sites for hydroxylation is 1. The third-order valence-electron chi connectivity index (χ3n) is 3.42. The van der Waals surface area contributed by atoms with Crippen LogP contribution in [0.5, 0.6) is 0 Å². The Balaban J connectivity index is 3.04. The Morgan fingerprint density at radius 3 is 2.62 bits per heavy atom. The van der Waals surface area contributed by atoms with Gasteiger partial charge in [0.15, 0.2) is 5.78 Å². The van der Waals surface area contributed by atoms with Gasteiger partial charge in [-0.1, -0.05) is 12.7 Å². The van der Waals surface area contributed by atoms with Crippen LogP contribution >= 0.6 is 0 Å². The highest BCUT2D eigenvalue weighted by Gasteiger charge is 2.24. The number of hydrogen-bond donors (Lipinski definition) is 0. The number of Topliss-reactive ketones (excluding diaryl/α,β-unsaturated/α-hetero) is 1. The van der Waals surface area contributed by atoms with Crippen LogP contribution < -0.4 is 5.63 Å². The molecule has 0 saturated carbocycles. The van der Waals surface area contributed by atoms with E-state index in [-0.39, 0.29) is 42.0 Å². The van der Waals surface area contributed by atoms with Gasteiger partial charge in [-0.2, -0.15) is 0 Å². The van der Waals surface area contributed by atoms with E-state index in [1.807, 2.05) is 0 Å². The van der Waals surface area contributed by atoms with Crippen LogP contribution in [0.2, 0.25) is 0 Å². The lowest BCUT2D eigenvalue weighted by Gasteiger charge is -2.17. The average Bonchev–Trinajstić information content (AvgIpc) is 2.58. The summed E-state index contributed by atoms with van der Waals surface area (Å²) in [4.78, 5) is 51.5. The Hall–Kier alpha value is -3.16. The number of allylic oxidation sites excluding steroid dienone is 3. The third kappa shape index (κ3) is 5.17. The lowest BCUT2D eigenvalue weighted by molar-refractivity contribution is -0.117. The fraction of sp³-hybridized carbons (Fsp3) is 0.278. The second-order valence-electron chi connectivity index (χ2n) is 5.37. The summed E-state index contributed by atoms with van der Waals surface area (Å²) in [5.41, 5.74) is -0.496. The van der Waals surface area contributed by atoms with Crippen molar-refractivity contribution < 1.29 is 23.2 Å². The van der Waals surface area contributed by atoms with Crippen molar-refractivity contribution in [3.05, 3.63) is 51.9 Å². The predicted molar refractivity (Wildman–Crippen MR) is 94.5 cm³/mol. The van der Waals surface area contributed by atoms with E-state index in [0.717, 1.165) is 17.0 Å². The molecule has 1 heterocycles. The highest BCUT2D eigenvalue weighted by molar-refractivity contribution is 6.04. The number of carbonyl (C=O) groups excluding carboxylic acids is 3. The molecular weight excluding hydrogens is 343 g/mol. The summed E-state index contributed by atoms with van der Waals surface area (Å²) in [6.45, 7) is 9.16. The molecule has 0 fully saturated rings. The van der Waals surface area contributed by atoms with Crippen LogP contribution in [0.4, 0.5) is 10.3 Å². The molecule has 0 radical (unpaired) electrons. The second-order valence-corrected chi connectivity index (χ2v) is 5.37. The summed E-state index contributed by atoms with van der Waals surface area (Å²) in [6, 6.07) is 1.08. The molecule has 2 amide bonds. The largest absolute Gasteiger partial charge is 0.403 e. The fourth-order valence-corrected chi connectivity index (χ4v) is 2.20. The fourth-order valence-electron chi connectivity index (χ4n) is 2.20. The molecule has 1 aromatic heterocycles. The summed E-state index contributed by atoms with van der Waals surface area (Å²) in [7, 11) is 0.